The number of rotatable bonds is 1. The van der Waals surface area contributed by atoms with Crippen molar-refractivity contribution in [3.05, 3.63) is 0 Å². The van der Waals surface area contributed by atoms with Crippen LogP contribution in [-0.2, 0) is 4.74 Å². The molecular formula is C18H30O2. The molecule has 114 valence electrons. The third kappa shape index (κ3) is 1.38. The summed E-state index contributed by atoms with van der Waals surface area (Å²) in [5.41, 5.74) is 1.25. The molecule has 2 nitrogen and oxygen atoms in total. The van der Waals surface area contributed by atoms with E-state index in [0.717, 1.165) is 12.5 Å². The first-order valence-electron chi connectivity index (χ1n) is 8.65. The molecule has 1 heterocycles. The summed E-state index contributed by atoms with van der Waals surface area (Å²) in [7, 11) is 0. The zero-order chi connectivity index (χ0) is 14.2. The highest BCUT2D eigenvalue weighted by Gasteiger charge is 2.72. The Labute approximate surface area is 123 Å². The van der Waals surface area contributed by atoms with Crippen molar-refractivity contribution in [2.75, 3.05) is 13.2 Å². The van der Waals surface area contributed by atoms with Gasteiger partial charge in [0.15, 0.2) is 0 Å². The fraction of sp³-hybridized carbons (Fsp3) is 1.00. The minimum Gasteiger partial charge on any atom is -0.396 e. The standard InChI is InChI=1S/C18H30O2/c1-15(11-19)7-4-8-16(2)13(15)5-9-17(3)14(16)6-10-18(17)12-20-18/h13-14,19H,4-12H2,1-3H3/t13-,14+,15-,16-,17-,18+/m0/s1. The average Bonchev–Trinajstić information content (AvgIpc) is 3.12. The van der Waals surface area contributed by atoms with Crippen molar-refractivity contribution in [2.24, 2.45) is 28.1 Å². The van der Waals surface area contributed by atoms with Crippen molar-refractivity contribution in [1.82, 2.24) is 0 Å². The molecule has 0 bridgehead atoms. The minimum absolute atomic E-state index is 0.161. The Morgan fingerprint density at radius 1 is 1.00 bits per heavy atom. The molecule has 4 rings (SSSR count). The van der Waals surface area contributed by atoms with Crippen LogP contribution < -0.4 is 0 Å². The van der Waals surface area contributed by atoms with Gasteiger partial charge in [0.2, 0.25) is 0 Å². The predicted octanol–water partition coefficient (Wildman–Crippen LogP) is 3.77. The van der Waals surface area contributed by atoms with Gasteiger partial charge in [-0.15, -0.1) is 0 Å². The van der Waals surface area contributed by atoms with Gasteiger partial charge in [0, 0.05) is 12.0 Å². The van der Waals surface area contributed by atoms with Crippen molar-refractivity contribution >= 4 is 0 Å². The van der Waals surface area contributed by atoms with Gasteiger partial charge in [0.25, 0.3) is 0 Å². The van der Waals surface area contributed by atoms with E-state index in [1.165, 1.54) is 44.9 Å². The molecule has 0 radical (unpaired) electrons. The second kappa shape index (κ2) is 3.81. The molecule has 0 aromatic rings. The highest BCUT2D eigenvalue weighted by atomic mass is 16.6. The Balaban J connectivity index is 1.73. The van der Waals surface area contributed by atoms with Gasteiger partial charge in [0.05, 0.1) is 12.2 Å². The van der Waals surface area contributed by atoms with E-state index in [2.05, 4.69) is 20.8 Å². The lowest BCUT2D eigenvalue weighted by atomic mass is 9.43. The lowest BCUT2D eigenvalue weighted by molar-refractivity contribution is -0.145. The van der Waals surface area contributed by atoms with Gasteiger partial charge in [-0.1, -0.05) is 27.2 Å². The molecule has 1 N–H and O–H groups in total. The minimum atomic E-state index is 0.161. The molecule has 1 aliphatic heterocycles. The van der Waals surface area contributed by atoms with Gasteiger partial charge in [-0.25, -0.2) is 0 Å². The van der Waals surface area contributed by atoms with Crippen LogP contribution >= 0.6 is 0 Å². The zero-order valence-electron chi connectivity index (χ0n) is 13.4. The molecule has 20 heavy (non-hydrogen) atoms. The van der Waals surface area contributed by atoms with Crippen LogP contribution in [0.5, 0.6) is 0 Å². The van der Waals surface area contributed by atoms with Crippen molar-refractivity contribution in [1.29, 1.82) is 0 Å². The first kappa shape index (κ1) is 13.6. The number of hydrogen-bond acceptors (Lipinski definition) is 2. The molecule has 0 unspecified atom stereocenters. The molecule has 0 aromatic carbocycles. The lowest BCUT2D eigenvalue weighted by Gasteiger charge is -2.62. The van der Waals surface area contributed by atoms with Crippen LogP contribution in [0.25, 0.3) is 0 Å². The fourth-order valence-electron chi connectivity index (χ4n) is 7.07. The lowest BCUT2D eigenvalue weighted by Crippen LogP contribution is -2.57. The molecule has 1 spiro atoms. The van der Waals surface area contributed by atoms with Crippen LogP contribution in [0.15, 0.2) is 0 Å². The molecule has 3 aliphatic carbocycles. The quantitative estimate of drug-likeness (QED) is 0.741. The van der Waals surface area contributed by atoms with E-state index in [-0.39, 0.29) is 11.0 Å². The van der Waals surface area contributed by atoms with Crippen LogP contribution in [0.1, 0.15) is 65.7 Å². The molecule has 4 fully saturated rings. The maximum absolute atomic E-state index is 10.00. The Morgan fingerprint density at radius 3 is 2.35 bits per heavy atom. The average molecular weight is 278 g/mol. The van der Waals surface area contributed by atoms with Gasteiger partial charge in [-0.2, -0.15) is 0 Å². The second-order valence-corrected chi connectivity index (χ2v) is 9.05. The van der Waals surface area contributed by atoms with Crippen molar-refractivity contribution in [3.63, 3.8) is 0 Å². The summed E-state index contributed by atoms with van der Waals surface area (Å²) in [6, 6.07) is 0. The van der Waals surface area contributed by atoms with Gasteiger partial charge in [-0.05, 0) is 61.2 Å². The van der Waals surface area contributed by atoms with Crippen LogP contribution in [0.2, 0.25) is 0 Å². The number of ether oxygens (including phenoxy) is 1. The summed E-state index contributed by atoms with van der Waals surface area (Å²) in [4.78, 5) is 0. The number of fused-ring (bicyclic) bond motifs is 4. The van der Waals surface area contributed by atoms with Crippen LogP contribution in [0.4, 0.5) is 0 Å². The molecule has 2 heteroatoms. The second-order valence-electron chi connectivity index (χ2n) is 9.05. The number of aliphatic hydroxyl groups excluding tert-OH is 1. The van der Waals surface area contributed by atoms with Gasteiger partial charge < -0.3 is 9.84 Å². The third-order valence-corrected chi connectivity index (χ3v) is 8.35. The molecule has 4 aliphatic rings. The van der Waals surface area contributed by atoms with Crippen LogP contribution in [-0.4, -0.2) is 23.9 Å². The highest BCUT2D eigenvalue weighted by Crippen LogP contribution is 2.73. The van der Waals surface area contributed by atoms with Gasteiger partial charge >= 0.3 is 0 Å². The molecule has 0 aromatic heterocycles. The van der Waals surface area contributed by atoms with Crippen LogP contribution in [0.3, 0.4) is 0 Å². The van der Waals surface area contributed by atoms with Gasteiger partial charge in [0.1, 0.15) is 0 Å². The Morgan fingerprint density at radius 2 is 1.70 bits per heavy atom. The molecular weight excluding hydrogens is 248 g/mol. The van der Waals surface area contributed by atoms with Crippen molar-refractivity contribution in [3.8, 4) is 0 Å². The summed E-state index contributed by atoms with van der Waals surface area (Å²) in [6.45, 7) is 8.80. The Kier molecular flexibility index (Phi) is 2.59. The maximum atomic E-state index is 10.00. The normalized spacial score (nSPS) is 61.2. The van der Waals surface area contributed by atoms with E-state index in [9.17, 15) is 5.11 Å². The molecule has 6 atom stereocenters. The van der Waals surface area contributed by atoms with Crippen molar-refractivity contribution in [2.45, 2.75) is 71.3 Å². The Bertz CT molecular complexity index is 429. The van der Waals surface area contributed by atoms with E-state index < -0.39 is 0 Å². The highest BCUT2D eigenvalue weighted by molar-refractivity contribution is 5.20. The van der Waals surface area contributed by atoms with E-state index in [4.69, 9.17) is 4.74 Å². The van der Waals surface area contributed by atoms with E-state index in [0.29, 0.717) is 23.4 Å². The summed E-state index contributed by atoms with van der Waals surface area (Å²) in [5.74, 6) is 1.52. The maximum Gasteiger partial charge on any atom is 0.0972 e. The SMILES string of the molecule is C[C@@]1(CO)CCC[C@]2(C)[C@H]3CC[C@@]4(CO4)[C@@]3(C)CC[C@@H]12. The Hall–Kier alpha value is -0.0800. The summed E-state index contributed by atoms with van der Waals surface area (Å²) < 4.78 is 5.98. The summed E-state index contributed by atoms with van der Waals surface area (Å²) >= 11 is 0. The number of aliphatic hydroxyl groups is 1. The monoisotopic (exact) mass is 278 g/mol. The van der Waals surface area contributed by atoms with Crippen LogP contribution in [0, 0.1) is 28.1 Å². The van der Waals surface area contributed by atoms with E-state index in [1.54, 1.807) is 0 Å². The third-order valence-electron chi connectivity index (χ3n) is 8.35. The first-order valence-corrected chi connectivity index (χ1v) is 8.65. The predicted molar refractivity (Wildman–Crippen MR) is 79.4 cm³/mol. The molecule has 3 saturated carbocycles. The van der Waals surface area contributed by atoms with E-state index >= 15 is 0 Å². The zero-order valence-corrected chi connectivity index (χ0v) is 13.4. The fourth-order valence-corrected chi connectivity index (χ4v) is 7.07. The van der Waals surface area contributed by atoms with E-state index in [1.807, 2.05) is 0 Å². The number of hydrogen-bond donors (Lipinski definition) is 1. The van der Waals surface area contributed by atoms with Crippen molar-refractivity contribution < 1.29 is 9.84 Å². The first-order chi connectivity index (χ1) is 9.40. The number of epoxide rings is 1. The summed E-state index contributed by atoms with van der Waals surface area (Å²) in [5, 5.41) is 10.00. The summed E-state index contributed by atoms with van der Waals surface area (Å²) in [6.07, 6.45) is 9.12. The smallest absolute Gasteiger partial charge is 0.0972 e. The van der Waals surface area contributed by atoms with Gasteiger partial charge in [-0.3, -0.25) is 0 Å². The molecule has 0 amide bonds. The molecule has 1 saturated heterocycles. The largest absolute Gasteiger partial charge is 0.396 e. The topological polar surface area (TPSA) is 32.8 Å².